The van der Waals surface area contributed by atoms with Gasteiger partial charge in [0.1, 0.15) is 11.8 Å². The molecule has 8 heteroatoms. The van der Waals surface area contributed by atoms with E-state index >= 15 is 0 Å². The van der Waals surface area contributed by atoms with Crippen LogP contribution in [0.15, 0.2) is 84.0 Å². The molecular weight excluding hydrogens is 434 g/mol. The minimum absolute atomic E-state index is 0.228. The number of nitriles is 1. The van der Waals surface area contributed by atoms with E-state index in [-0.39, 0.29) is 5.91 Å². The number of nitrogens with one attached hydrogen (secondary N) is 1. The number of aromatic nitrogens is 3. The van der Waals surface area contributed by atoms with Gasteiger partial charge in [0.2, 0.25) is 5.91 Å². The van der Waals surface area contributed by atoms with Crippen LogP contribution in [0.2, 0.25) is 0 Å². The lowest BCUT2D eigenvalue weighted by Gasteiger charge is -2.15. The van der Waals surface area contributed by atoms with E-state index < -0.39 is 5.25 Å². The van der Waals surface area contributed by atoms with Crippen LogP contribution in [-0.2, 0) is 4.79 Å². The predicted molar refractivity (Wildman–Crippen MR) is 128 cm³/mol. The van der Waals surface area contributed by atoms with E-state index in [1.54, 1.807) is 38.3 Å². The largest absolute Gasteiger partial charge is 0.497 e. The van der Waals surface area contributed by atoms with Gasteiger partial charge in [-0.2, -0.15) is 5.26 Å². The number of carbonyl (C=O) groups is 1. The highest BCUT2D eigenvalue weighted by Crippen LogP contribution is 2.31. The molecule has 0 saturated heterocycles. The third kappa shape index (κ3) is 4.89. The van der Waals surface area contributed by atoms with Gasteiger partial charge in [0, 0.05) is 11.3 Å². The van der Waals surface area contributed by atoms with Gasteiger partial charge in [0.15, 0.2) is 11.0 Å². The summed E-state index contributed by atoms with van der Waals surface area (Å²) in [5.41, 5.74) is 2.66. The second kappa shape index (κ2) is 10.0. The highest BCUT2D eigenvalue weighted by molar-refractivity contribution is 8.00. The third-order valence-corrected chi connectivity index (χ3v) is 6.00. The Morgan fingerprint density at radius 3 is 2.42 bits per heavy atom. The molecule has 1 N–H and O–H groups in total. The number of nitrogens with zero attached hydrogens (tertiary/aromatic N) is 4. The van der Waals surface area contributed by atoms with Gasteiger partial charge in [-0.1, -0.05) is 54.2 Å². The first-order valence-corrected chi connectivity index (χ1v) is 11.1. The van der Waals surface area contributed by atoms with Crippen LogP contribution in [0.1, 0.15) is 12.5 Å². The Morgan fingerprint density at radius 1 is 1.03 bits per heavy atom. The van der Waals surface area contributed by atoms with E-state index in [0.29, 0.717) is 22.2 Å². The first-order valence-electron chi connectivity index (χ1n) is 10.2. The van der Waals surface area contributed by atoms with E-state index in [2.05, 4.69) is 21.6 Å². The number of benzene rings is 3. The van der Waals surface area contributed by atoms with Crippen molar-refractivity contribution in [3.63, 3.8) is 0 Å². The molecule has 164 valence electrons. The maximum absolute atomic E-state index is 12.9. The summed E-state index contributed by atoms with van der Waals surface area (Å²) in [6, 6.07) is 26.3. The van der Waals surface area contributed by atoms with Crippen molar-refractivity contribution in [2.24, 2.45) is 0 Å². The van der Waals surface area contributed by atoms with Gasteiger partial charge < -0.3 is 10.1 Å². The summed E-state index contributed by atoms with van der Waals surface area (Å²) in [6.45, 7) is 1.80. The van der Waals surface area contributed by atoms with Gasteiger partial charge in [-0.3, -0.25) is 9.36 Å². The fourth-order valence-electron chi connectivity index (χ4n) is 3.22. The number of methoxy groups -OCH3 is 1. The van der Waals surface area contributed by atoms with Gasteiger partial charge in [-0.15, -0.1) is 10.2 Å². The van der Waals surface area contributed by atoms with E-state index in [0.717, 1.165) is 17.0 Å². The van der Waals surface area contributed by atoms with Crippen molar-refractivity contribution >= 4 is 23.4 Å². The number of rotatable bonds is 7. The second-order valence-corrected chi connectivity index (χ2v) is 8.42. The maximum Gasteiger partial charge on any atom is 0.237 e. The number of amides is 1. The molecule has 0 radical (unpaired) electrons. The van der Waals surface area contributed by atoms with Gasteiger partial charge in [0.05, 0.1) is 23.6 Å². The number of thioether (sulfide) groups is 1. The molecule has 0 aliphatic heterocycles. The number of anilines is 1. The van der Waals surface area contributed by atoms with Crippen LogP contribution in [0.25, 0.3) is 17.1 Å². The zero-order chi connectivity index (χ0) is 23.2. The van der Waals surface area contributed by atoms with Crippen LogP contribution in [0.4, 0.5) is 5.69 Å². The van der Waals surface area contributed by atoms with Gasteiger partial charge in [0.25, 0.3) is 0 Å². The molecule has 4 rings (SSSR count). The number of para-hydroxylation sites is 1. The quantitative estimate of drug-likeness (QED) is 0.397. The lowest BCUT2D eigenvalue weighted by atomic mass is 10.2. The van der Waals surface area contributed by atoms with Gasteiger partial charge in [-0.05, 0) is 43.3 Å². The molecular formula is C25H21N5O2S. The lowest BCUT2D eigenvalue weighted by molar-refractivity contribution is -0.115. The molecule has 1 atom stereocenters. The van der Waals surface area contributed by atoms with Crippen LogP contribution >= 0.6 is 11.8 Å². The van der Waals surface area contributed by atoms with Crippen LogP contribution in [0.5, 0.6) is 5.75 Å². The maximum atomic E-state index is 12.9. The molecule has 1 aromatic heterocycles. The Hall–Kier alpha value is -4.09. The lowest BCUT2D eigenvalue weighted by Crippen LogP contribution is -2.23. The van der Waals surface area contributed by atoms with Crippen molar-refractivity contribution in [3.8, 4) is 28.9 Å². The molecule has 0 bridgehead atoms. The summed E-state index contributed by atoms with van der Waals surface area (Å²) in [4.78, 5) is 12.9. The Labute approximate surface area is 196 Å². The molecule has 1 amide bonds. The topological polar surface area (TPSA) is 92.8 Å². The van der Waals surface area contributed by atoms with Crippen molar-refractivity contribution in [2.45, 2.75) is 17.3 Å². The predicted octanol–water partition coefficient (Wildman–Crippen LogP) is 4.93. The number of hydrogen-bond donors (Lipinski definition) is 1. The van der Waals surface area contributed by atoms with Crippen molar-refractivity contribution in [1.82, 2.24) is 14.8 Å². The molecule has 4 aromatic rings. The van der Waals surface area contributed by atoms with Crippen LogP contribution in [0, 0.1) is 11.3 Å². The number of hydrogen-bond acceptors (Lipinski definition) is 6. The zero-order valence-corrected chi connectivity index (χ0v) is 18.9. The monoisotopic (exact) mass is 455 g/mol. The fourth-order valence-corrected chi connectivity index (χ4v) is 4.09. The molecule has 0 aliphatic rings. The molecule has 0 aliphatic carbocycles. The normalized spacial score (nSPS) is 11.4. The van der Waals surface area contributed by atoms with Gasteiger partial charge >= 0.3 is 0 Å². The van der Waals surface area contributed by atoms with Crippen molar-refractivity contribution in [2.75, 3.05) is 12.4 Å². The molecule has 1 unspecified atom stereocenters. The minimum atomic E-state index is -0.485. The zero-order valence-electron chi connectivity index (χ0n) is 18.1. The van der Waals surface area contributed by atoms with Crippen LogP contribution in [-0.4, -0.2) is 33.0 Å². The highest BCUT2D eigenvalue weighted by atomic mass is 32.2. The highest BCUT2D eigenvalue weighted by Gasteiger charge is 2.22. The van der Waals surface area contributed by atoms with E-state index in [4.69, 9.17) is 4.74 Å². The number of carbonyl (C=O) groups excluding carboxylic acids is 1. The second-order valence-electron chi connectivity index (χ2n) is 7.11. The average Bonchev–Trinajstić information content (AvgIpc) is 3.28. The molecule has 3 aromatic carbocycles. The van der Waals surface area contributed by atoms with Crippen LogP contribution < -0.4 is 10.1 Å². The summed E-state index contributed by atoms with van der Waals surface area (Å²) < 4.78 is 7.20. The summed E-state index contributed by atoms with van der Waals surface area (Å²) >= 11 is 1.29. The van der Waals surface area contributed by atoms with Crippen LogP contribution in [0.3, 0.4) is 0 Å². The Balaban J connectivity index is 1.65. The van der Waals surface area contributed by atoms with Crippen molar-refractivity contribution in [1.29, 1.82) is 5.26 Å². The SMILES string of the molecule is COc1ccc(-n2c(SC(C)C(=O)Nc3ccccc3C#N)nnc2-c2ccccc2)cc1. The summed E-state index contributed by atoms with van der Waals surface area (Å²) in [6.07, 6.45) is 0. The summed E-state index contributed by atoms with van der Waals surface area (Å²) in [7, 11) is 1.62. The van der Waals surface area contributed by atoms with Gasteiger partial charge in [-0.25, -0.2) is 0 Å². The Morgan fingerprint density at radius 2 is 1.73 bits per heavy atom. The Kier molecular flexibility index (Phi) is 6.72. The molecule has 0 fully saturated rings. The molecule has 0 saturated carbocycles. The number of ether oxygens (including phenoxy) is 1. The molecule has 33 heavy (non-hydrogen) atoms. The standard InChI is InChI=1S/C25H21N5O2S/c1-17(24(31)27-22-11-7-6-10-19(22)16-26)33-25-29-28-23(18-8-4-3-5-9-18)30(25)20-12-14-21(32-2)15-13-20/h3-15,17H,1-2H3,(H,27,31). The first-order chi connectivity index (χ1) is 16.1. The summed E-state index contributed by atoms with van der Waals surface area (Å²) in [5, 5.41) is 21.0. The summed E-state index contributed by atoms with van der Waals surface area (Å²) in [5.74, 6) is 1.19. The molecule has 0 spiro atoms. The molecule has 7 nitrogen and oxygen atoms in total. The first kappa shape index (κ1) is 22.1. The average molecular weight is 456 g/mol. The minimum Gasteiger partial charge on any atom is -0.497 e. The van der Waals surface area contributed by atoms with Crippen molar-refractivity contribution < 1.29 is 9.53 Å². The molecule has 1 heterocycles. The fraction of sp³-hybridized carbons (Fsp3) is 0.120. The smallest absolute Gasteiger partial charge is 0.237 e. The van der Waals surface area contributed by atoms with E-state index in [1.165, 1.54) is 11.8 Å². The van der Waals surface area contributed by atoms with E-state index in [9.17, 15) is 10.1 Å². The van der Waals surface area contributed by atoms with E-state index in [1.807, 2.05) is 59.2 Å². The Bertz CT molecular complexity index is 1300. The third-order valence-electron chi connectivity index (χ3n) is 4.95. The van der Waals surface area contributed by atoms with Crippen molar-refractivity contribution in [3.05, 3.63) is 84.4 Å².